The molecule has 0 bridgehead atoms. The first-order valence-electron chi connectivity index (χ1n) is 6.48. The Bertz CT molecular complexity index is 734. The van der Waals surface area contributed by atoms with E-state index in [-0.39, 0.29) is 16.3 Å². The lowest BCUT2D eigenvalue weighted by molar-refractivity contribution is -0.144. The maximum absolute atomic E-state index is 13.3. The molecule has 7 heteroatoms. The van der Waals surface area contributed by atoms with E-state index in [0.29, 0.717) is 5.02 Å². The van der Waals surface area contributed by atoms with Crippen LogP contribution in [0.15, 0.2) is 42.5 Å². The predicted molar refractivity (Wildman–Crippen MR) is 83.6 cm³/mol. The monoisotopic (exact) mass is 356 g/mol. The van der Waals surface area contributed by atoms with Gasteiger partial charge in [0.25, 0.3) is 0 Å². The molecule has 0 aliphatic rings. The number of esters is 1. The van der Waals surface area contributed by atoms with E-state index in [1.807, 2.05) is 0 Å². The molecule has 0 saturated heterocycles. The molecule has 4 nitrogen and oxygen atoms in total. The van der Waals surface area contributed by atoms with Gasteiger partial charge < -0.3 is 9.47 Å². The summed E-state index contributed by atoms with van der Waals surface area (Å²) in [6.45, 7) is -1.03. The van der Waals surface area contributed by atoms with Gasteiger partial charge in [0.1, 0.15) is 0 Å². The number of benzene rings is 2. The van der Waals surface area contributed by atoms with Gasteiger partial charge in [0.05, 0.1) is 5.02 Å². The fourth-order valence-corrected chi connectivity index (χ4v) is 2.07. The third-order valence-corrected chi connectivity index (χ3v) is 3.34. The zero-order valence-electron chi connectivity index (χ0n) is 11.7. The molecular formula is C16H11Cl2FO4. The Balaban J connectivity index is 1.86. The highest BCUT2D eigenvalue weighted by Gasteiger charge is 2.14. The van der Waals surface area contributed by atoms with Crippen LogP contribution >= 0.6 is 23.2 Å². The Morgan fingerprint density at radius 3 is 2.52 bits per heavy atom. The summed E-state index contributed by atoms with van der Waals surface area (Å²) in [5.74, 6) is -1.98. The van der Waals surface area contributed by atoms with Gasteiger partial charge in [-0.25, -0.2) is 9.18 Å². The minimum Gasteiger partial charge on any atom is -0.479 e. The van der Waals surface area contributed by atoms with Crippen LogP contribution in [0.4, 0.5) is 4.39 Å². The maximum atomic E-state index is 13.3. The summed E-state index contributed by atoms with van der Waals surface area (Å²) in [4.78, 5) is 23.5. The van der Waals surface area contributed by atoms with Crippen LogP contribution in [0.5, 0.6) is 5.75 Å². The van der Waals surface area contributed by atoms with Crippen molar-refractivity contribution in [3.8, 4) is 5.75 Å². The molecule has 0 saturated carbocycles. The first-order chi connectivity index (χ1) is 11.0. The highest BCUT2D eigenvalue weighted by molar-refractivity contribution is 6.36. The summed E-state index contributed by atoms with van der Waals surface area (Å²) in [5, 5.41) is 0.546. The van der Waals surface area contributed by atoms with E-state index in [4.69, 9.17) is 32.7 Å². The molecule has 0 amide bonds. The molecular weight excluding hydrogens is 346 g/mol. The largest absolute Gasteiger partial charge is 0.479 e. The summed E-state index contributed by atoms with van der Waals surface area (Å²) >= 11 is 11.7. The van der Waals surface area contributed by atoms with E-state index in [9.17, 15) is 14.0 Å². The normalized spacial score (nSPS) is 10.2. The lowest BCUT2D eigenvalue weighted by Gasteiger charge is -2.08. The van der Waals surface area contributed by atoms with E-state index < -0.39 is 30.8 Å². The number of ketones is 1. The second kappa shape index (κ2) is 7.94. The number of carbonyl (C=O) groups excluding carboxylic acids is 2. The van der Waals surface area contributed by atoms with E-state index >= 15 is 0 Å². The van der Waals surface area contributed by atoms with Crippen molar-refractivity contribution >= 4 is 35.0 Å². The van der Waals surface area contributed by atoms with Gasteiger partial charge in [0.2, 0.25) is 5.78 Å². The Labute approximate surface area is 141 Å². The van der Waals surface area contributed by atoms with E-state index in [1.165, 1.54) is 36.4 Å². The molecule has 0 unspecified atom stereocenters. The summed E-state index contributed by atoms with van der Waals surface area (Å²) in [5.41, 5.74) is 0.155. The molecule has 0 fully saturated rings. The zero-order chi connectivity index (χ0) is 16.8. The van der Waals surface area contributed by atoms with Gasteiger partial charge in [0.15, 0.2) is 24.8 Å². The maximum Gasteiger partial charge on any atom is 0.344 e. The van der Waals surface area contributed by atoms with Crippen LogP contribution in [0.25, 0.3) is 0 Å². The minimum atomic E-state index is -0.806. The standard InChI is InChI=1S/C16H11Cl2FO4/c17-10-5-6-12(18)11(7-10)14(20)8-23-16(21)9-22-15-4-2-1-3-13(15)19/h1-7H,8-9H2. The third kappa shape index (κ3) is 4.94. The molecule has 0 aliphatic heterocycles. The third-order valence-electron chi connectivity index (χ3n) is 2.78. The fourth-order valence-electron chi connectivity index (χ4n) is 1.68. The molecule has 120 valence electrons. The van der Waals surface area contributed by atoms with Crippen molar-refractivity contribution in [2.75, 3.05) is 13.2 Å². The SMILES string of the molecule is O=C(COc1ccccc1F)OCC(=O)c1cc(Cl)ccc1Cl. The lowest BCUT2D eigenvalue weighted by atomic mass is 10.1. The van der Waals surface area contributed by atoms with Crippen molar-refractivity contribution in [2.24, 2.45) is 0 Å². The molecule has 0 N–H and O–H groups in total. The van der Waals surface area contributed by atoms with Gasteiger partial charge in [-0.3, -0.25) is 4.79 Å². The molecule has 2 rings (SSSR count). The lowest BCUT2D eigenvalue weighted by Crippen LogP contribution is -2.20. The Kier molecular flexibility index (Phi) is 5.96. The fraction of sp³-hybridized carbons (Fsp3) is 0.125. The second-order valence-corrected chi connectivity index (χ2v) is 5.27. The quantitative estimate of drug-likeness (QED) is 0.581. The Morgan fingerprint density at radius 1 is 1.04 bits per heavy atom. The molecule has 2 aromatic carbocycles. The molecule has 0 aromatic heterocycles. The van der Waals surface area contributed by atoms with Gasteiger partial charge in [0, 0.05) is 10.6 Å². The first-order valence-corrected chi connectivity index (χ1v) is 7.24. The van der Waals surface area contributed by atoms with Gasteiger partial charge in [-0.1, -0.05) is 35.3 Å². The van der Waals surface area contributed by atoms with Crippen LogP contribution < -0.4 is 4.74 Å². The van der Waals surface area contributed by atoms with Gasteiger partial charge >= 0.3 is 5.97 Å². The van der Waals surface area contributed by atoms with Crippen molar-refractivity contribution in [3.05, 3.63) is 63.9 Å². The predicted octanol–water partition coefficient (Wildman–Crippen LogP) is 3.94. The zero-order valence-corrected chi connectivity index (χ0v) is 13.2. The van der Waals surface area contributed by atoms with Gasteiger partial charge in [-0.05, 0) is 30.3 Å². The summed E-state index contributed by atoms with van der Waals surface area (Å²) in [7, 11) is 0. The Hall–Kier alpha value is -2.11. The van der Waals surface area contributed by atoms with Gasteiger partial charge in [-0.2, -0.15) is 0 Å². The molecule has 0 radical (unpaired) electrons. The molecule has 0 aliphatic carbocycles. The van der Waals surface area contributed by atoms with Crippen molar-refractivity contribution in [3.63, 3.8) is 0 Å². The number of hydrogen-bond acceptors (Lipinski definition) is 4. The number of halogens is 3. The topological polar surface area (TPSA) is 52.6 Å². The number of carbonyl (C=O) groups is 2. The van der Waals surface area contributed by atoms with Crippen molar-refractivity contribution in [2.45, 2.75) is 0 Å². The Morgan fingerprint density at radius 2 is 1.78 bits per heavy atom. The number of ether oxygens (including phenoxy) is 2. The van der Waals surface area contributed by atoms with E-state index in [2.05, 4.69) is 0 Å². The minimum absolute atomic E-state index is 0.0753. The van der Waals surface area contributed by atoms with Crippen LogP contribution in [0.3, 0.4) is 0 Å². The summed E-state index contributed by atoms with van der Waals surface area (Å²) in [6, 6.07) is 10.0. The van der Waals surface area contributed by atoms with Crippen molar-refractivity contribution < 1.29 is 23.5 Å². The molecule has 2 aromatic rings. The number of Topliss-reactive ketones (excluding diaryl/α,β-unsaturated/α-hetero) is 1. The number of hydrogen-bond donors (Lipinski definition) is 0. The van der Waals surface area contributed by atoms with Crippen molar-refractivity contribution in [1.82, 2.24) is 0 Å². The number of para-hydroxylation sites is 1. The molecule has 0 heterocycles. The van der Waals surface area contributed by atoms with Crippen LogP contribution in [-0.2, 0) is 9.53 Å². The highest BCUT2D eigenvalue weighted by atomic mass is 35.5. The first kappa shape index (κ1) is 17.2. The second-order valence-electron chi connectivity index (χ2n) is 4.43. The molecule has 0 spiro atoms. The van der Waals surface area contributed by atoms with Crippen LogP contribution in [0.1, 0.15) is 10.4 Å². The van der Waals surface area contributed by atoms with Crippen LogP contribution in [0.2, 0.25) is 10.0 Å². The highest BCUT2D eigenvalue weighted by Crippen LogP contribution is 2.21. The van der Waals surface area contributed by atoms with E-state index in [0.717, 1.165) is 0 Å². The average Bonchev–Trinajstić information content (AvgIpc) is 2.54. The number of rotatable bonds is 6. The molecule has 23 heavy (non-hydrogen) atoms. The smallest absolute Gasteiger partial charge is 0.344 e. The van der Waals surface area contributed by atoms with Crippen LogP contribution in [-0.4, -0.2) is 25.0 Å². The van der Waals surface area contributed by atoms with Crippen molar-refractivity contribution in [1.29, 1.82) is 0 Å². The molecule has 0 atom stereocenters. The summed E-state index contributed by atoms with van der Waals surface area (Å²) < 4.78 is 23.0. The van der Waals surface area contributed by atoms with Gasteiger partial charge in [-0.15, -0.1) is 0 Å². The summed E-state index contributed by atoms with van der Waals surface area (Å²) in [6.07, 6.45) is 0. The van der Waals surface area contributed by atoms with Crippen LogP contribution in [0, 0.1) is 5.82 Å². The average molecular weight is 357 g/mol. The van der Waals surface area contributed by atoms with E-state index in [1.54, 1.807) is 6.07 Å².